The second-order valence-corrected chi connectivity index (χ2v) is 6.54. The molecule has 136 valence electrons. The van der Waals surface area contributed by atoms with Gasteiger partial charge in [0.2, 0.25) is 0 Å². The third-order valence-corrected chi connectivity index (χ3v) is 4.55. The predicted molar refractivity (Wildman–Crippen MR) is 103 cm³/mol. The van der Waals surface area contributed by atoms with Crippen molar-refractivity contribution in [3.8, 4) is 0 Å². The van der Waals surface area contributed by atoms with Crippen molar-refractivity contribution in [2.24, 2.45) is 0 Å². The zero-order valence-electron chi connectivity index (χ0n) is 14.5. The molecule has 0 N–H and O–H groups in total. The lowest BCUT2D eigenvalue weighted by Gasteiger charge is -2.31. The first-order valence-corrected chi connectivity index (χ1v) is 8.57. The summed E-state index contributed by atoms with van der Waals surface area (Å²) in [5.41, 5.74) is 0.557. The number of carbonyl (C=O) groups excluding carboxylic acids is 1. The van der Waals surface area contributed by atoms with E-state index in [0.717, 1.165) is 11.1 Å². The molecule has 0 fully saturated rings. The number of hydrogen-bond acceptors (Lipinski definition) is 4. The maximum atomic E-state index is 12.7. The van der Waals surface area contributed by atoms with Crippen LogP contribution in [0.25, 0.3) is 0 Å². The Kier molecular flexibility index (Phi) is 5.23. The van der Waals surface area contributed by atoms with Gasteiger partial charge in [0.1, 0.15) is 0 Å². The van der Waals surface area contributed by atoms with Gasteiger partial charge >= 0.3 is 5.97 Å². The molecule has 0 aliphatic heterocycles. The Morgan fingerprint density at radius 3 is 2.19 bits per heavy atom. The number of benzene rings is 3. The van der Waals surface area contributed by atoms with Gasteiger partial charge in [-0.1, -0.05) is 54.1 Å². The molecule has 0 saturated carbocycles. The maximum Gasteiger partial charge on any atom is 0.339 e. The first kappa shape index (κ1) is 18.6. The van der Waals surface area contributed by atoms with E-state index in [1.54, 1.807) is 25.1 Å². The van der Waals surface area contributed by atoms with E-state index >= 15 is 0 Å². The van der Waals surface area contributed by atoms with Crippen molar-refractivity contribution in [3.05, 3.63) is 111 Å². The Labute approximate surface area is 161 Å². The van der Waals surface area contributed by atoms with E-state index in [9.17, 15) is 14.9 Å². The molecule has 3 aromatic rings. The van der Waals surface area contributed by atoms with Crippen molar-refractivity contribution >= 4 is 23.3 Å². The molecule has 0 bridgehead atoms. The average Bonchev–Trinajstić information content (AvgIpc) is 2.68. The molecule has 0 radical (unpaired) electrons. The average molecular weight is 382 g/mol. The number of rotatable bonds is 5. The van der Waals surface area contributed by atoms with Crippen LogP contribution in [0.2, 0.25) is 5.02 Å². The van der Waals surface area contributed by atoms with Crippen LogP contribution in [0.1, 0.15) is 28.4 Å². The van der Waals surface area contributed by atoms with E-state index in [4.69, 9.17) is 16.3 Å². The number of carbonyl (C=O) groups is 1. The smallest absolute Gasteiger partial charge is 0.339 e. The first-order chi connectivity index (χ1) is 12.9. The second-order valence-electron chi connectivity index (χ2n) is 6.10. The van der Waals surface area contributed by atoms with Gasteiger partial charge in [0, 0.05) is 22.7 Å². The molecule has 0 aromatic heterocycles. The van der Waals surface area contributed by atoms with Crippen molar-refractivity contribution < 1.29 is 14.5 Å². The minimum Gasteiger partial charge on any atom is -0.446 e. The third kappa shape index (κ3) is 3.99. The van der Waals surface area contributed by atoms with Crippen LogP contribution in [0.3, 0.4) is 0 Å². The van der Waals surface area contributed by atoms with Gasteiger partial charge in [0.15, 0.2) is 5.60 Å². The number of esters is 1. The monoisotopic (exact) mass is 381 g/mol. The Bertz CT molecular complexity index is 973. The maximum absolute atomic E-state index is 12.7. The van der Waals surface area contributed by atoms with E-state index in [1.807, 2.05) is 36.4 Å². The Balaban J connectivity index is 1.99. The lowest BCUT2D eigenvalue weighted by Crippen LogP contribution is -2.30. The summed E-state index contributed by atoms with van der Waals surface area (Å²) in [7, 11) is 0. The Hall–Kier alpha value is -3.18. The van der Waals surface area contributed by atoms with E-state index in [1.165, 1.54) is 24.3 Å². The van der Waals surface area contributed by atoms with Crippen LogP contribution >= 0.6 is 11.6 Å². The van der Waals surface area contributed by atoms with Crippen molar-refractivity contribution in [2.45, 2.75) is 12.5 Å². The van der Waals surface area contributed by atoms with Crippen molar-refractivity contribution in [3.63, 3.8) is 0 Å². The van der Waals surface area contributed by atoms with Crippen LogP contribution in [0.5, 0.6) is 0 Å². The number of nitro benzene ring substituents is 1. The molecule has 0 aliphatic carbocycles. The first-order valence-electron chi connectivity index (χ1n) is 8.19. The SMILES string of the molecule is CC(OC(=O)c1ccc([N+](=O)[O-])cc1)(c1ccccc1)c1cccc(Cl)c1. The molecular weight excluding hydrogens is 366 g/mol. The molecule has 3 rings (SSSR count). The van der Waals surface area contributed by atoms with E-state index in [2.05, 4.69) is 0 Å². The van der Waals surface area contributed by atoms with Crippen LogP contribution < -0.4 is 0 Å². The number of ether oxygens (including phenoxy) is 1. The summed E-state index contributed by atoms with van der Waals surface area (Å²) < 4.78 is 5.88. The Morgan fingerprint density at radius 2 is 1.59 bits per heavy atom. The fourth-order valence-corrected chi connectivity index (χ4v) is 2.98. The quantitative estimate of drug-likeness (QED) is 0.338. The van der Waals surface area contributed by atoms with Crippen molar-refractivity contribution in [1.29, 1.82) is 0 Å². The summed E-state index contributed by atoms with van der Waals surface area (Å²) in [6, 6.07) is 21.7. The molecule has 0 saturated heterocycles. The molecule has 0 aliphatic rings. The third-order valence-electron chi connectivity index (χ3n) is 4.31. The van der Waals surface area contributed by atoms with E-state index in [0.29, 0.717) is 5.02 Å². The second kappa shape index (κ2) is 7.60. The molecule has 27 heavy (non-hydrogen) atoms. The lowest BCUT2D eigenvalue weighted by molar-refractivity contribution is -0.384. The van der Waals surface area contributed by atoms with Gasteiger partial charge in [0.05, 0.1) is 10.5 Å². The fourth-order valence-electron chi connectivity index (χ4n) is 2.79. The van der Waals surface area contributed by atoms with Gasteiger partial charge in [-0.15, -0.1) is 0 Å². The summed E-state index contributed by atoms with van der Waals surface area (Å²) in [6.07, 6.45) is 0. The number of non-ortho nitro benzene ring substituents is 1. The number of halogens is 1. The van der Waals surface area contributed by atoms with Crippen molar-refractivity contribution in [1.82, 2.24) is 0 Å². The summed E-state index contributed by atoms with van der Waals surface area (Å²) in [4.78, 5) is 23.0. The van der Waals surface area contributed by atoms with Gasteiger partial charge in [-0.2, -0.15) is 0 Å². The van der Waals surface area contributed by atoms with Crippen LogP contribution in [0, 0.1) is 10.1 Å². The molecule has 3 aromatic carbocycles. The molecule has 1 unspecified atom stereocenters. The van der Waals surface area contributed by atoms with E-state index < -0.39 is 16.5 Å². The number of hydrogen-bond donors (Lipinski definition) is 0. The highest BCUT2D eigenvalue weighted by Gasteiger charge is 2.34. The van der Waals surface area contributed by atoms with Crippen molar-refractivity contribution in [2.75, 3.05) is 0 Å². The van der Waals surface area contributed by atoms with Gasteiger partial charge in [-0.3, -0.25) is 10.1 Å². The van der Waals surface area contributed by atoms with Gasteiger partial charge in [-0.25, -0.2) is 4.79 Å². The summed E-state index contributed by atoms with van der Waals surface area (Å²) in [5.74, 6) is -0.587. The molecule has 5 nitrogen and oxygen atoms in total. The fraction of sp³-hybridized carbons (Fsp3) is 0.0952. The zero-order valence-corrected chi connectivity index (χ0v) is 15.2. The summed E-state index contributed by atoms with van der Waals surface area (Å²) in [5, 5.41) is 11.3. The van der Waals surface area contributed by atoms with Crippen LogP contribution in [-0.2, 0) is 10.3 Å². The molecule has 1 atom stereocenters. The normalized spacial score (nSPS) is 12.8. The Morgan fingerprint density at radius 1 is 0.963 bits per heavy atom. The predicted octanol–water partition coefficient (Wildman–Crippen LogP) is 5.37. The standard InChI is InChI=1S/C21H16ClNO4/c1-21(16-6-3-2-4-7-16,17-8-5-9-18(22)14-17)27-20(24)15-10-12-19(13-11-15)23(25)26/h2-14H,1H3. The summed E-state index contributed by atoms with van der Waals surface area (Å²) in [6.45, 7) is 1.79. The van der Waals surface area contributed by atoms with E-state index in [-0.39, 0.29) is 11.3 Å². The summed E-state index contributed by atoms with van der Waals surface area (Å²) >= 11 is 6.13. The lowest BCUT2D eigenvalue weighted by atomic mass is 9.88. The largest absolute Gasteiger partial charge is 0.446 e. The molecule has 6 heteroatoms. The topological polar surface area (TPSA) is 69.4 Å². The van der Waals surface area contributed by atoms with Crippen LogP contribution in [-0.4, -0.2) is 10.9 Å². The minimum absolute atomic E-state index is 0.0905. The van der Waals surface area contributed by atoms with Gasteiger partial charge in [-0.05, 0) is 36.8 Å². The highest BCUT2D eigenvalue weighted by Crippen LogP contribution is 2.35. The zero-order chi connectivity index (χ0) is 19.4. The van der Waals surface area contributed by atoms with Crippen LogP contribution in [0.4, 0.5) is 5.69 Å². The molecular formula is C21H16ClNO4. The highest BCUT2D eigenvalue weighted by molar-refractivity contribution is 6.30. The minimum atomic E-state index is -1.08. The number of nitro groups is 1. The highest BCUT2D eigenvalue weighted by atomic mass is 35.5. The number of nitrogens with zero attached hydrogens (tertiary/aromatic N) is 1. The molecule has 0 spiro atoms. The van der Waals surface area contributed by atoms with Gasteiger partial charge < -0.3 is 4.74 Å². The van der Waals surface area contributed by atoms with Gasteiger partial charge in [0.25, 0.3) is 5.69 Å². The van der Waals surface area contributed by atoms with Crippen LogP contribution in [0.15, 0.2) is 78.9 Å². The molecule has 0 heterocycles. The molecule has 0 amide bonds.